The average molecular weight is 218 g/mol. The third kappa shape index (κ3) is 1.94. The predicted molar refractivity (Wildman–Crippen MR) is 61.8 cm³/mol. The molecule has 0 saturated carbocycles. The summed E-state index contributed by atoms with van der Waals surface area (Å²) in [6.07, 6.45) is 2.93. The molecule has 0 radical (unpaired) electrons. The molecule has 0 aliphatic rings. The Morgan fingerprint density at radius 3 is 2.60 bits per heavy atom. The van der Waals surface area contributed by atoms with E-state index in [1.54, 1.807) is 0 Å². The smallest absolute Gasteiger partial charge is 0.268 e. The maximum absolute atomic E-state index is 11.7. The van der Waals surface area contributed by atoms with E-state index < -0.39 is 0 Å². The lowest BCUT2D eigenvalue weighted by atomic mass is 10.2. The molecule has 1 aromatic heterocycles. The number of benzene rings is 1. The average Bonchev–Trinajstić information content (AvgIpc) is 2.24. The van der Waals surface area contributed by atoms with Crippen LogP contribution in [0.3, 0.4) is 0 Å². The maximum atomic E-state index is 11.7. The Bertz CT molecular complexity index is 531. The minimum Gasteiger partial charge on any atom is -0.268 e. The summed E-state index contributed by atoms with van der Waals surface area (Å²) in [6, 6.07) is 7.66. The van der Waals surface area contributed by atoms with Crippen LogP contribution in [0.1, 0.15) is 5.56 Å². The van der Waals surface area contributed by atoms with Crippen molar-refractivity contribution < 1.29 is 0 Å². The van der Waals surface area contributed by atoms with Gasteiger partial charge in [-0.2, -0.15) is 0 Å². The number of thiol groups is 1. The Morgan fingerprint density at radius 1 is 1.27 bits per heavy atom. The van der Waals surface area contributed by atoms with Crippen molar-refractivity contribution >= 4 is 12.6 Å². The van der Waals surface area contributed by atoms with E-state index in [-0.39, 0.29) is 5.56 Å². The van der Waals surface area contributed by atoms with Crippen molar-refractivity contribution in [2.75, 3.05) is 0 Å². The lowest BCUT2D eigenvalue weighted by Crippen LogP contribution is -2.18. The molecular weight excluding hydrogens is 208 g/mol. The fourth-order valence-corrected chi connectivity index (χ4v) is 1.47. The lowest BCUT2D eigenvalue weighted by Gasteiger charge is -2.05. The zero-order valence-corrected chi connectivity index (χ0v) is 9.11. The van der Waals surface area contributed by atoms with Gasteiger partial charge in [0.1, 0.15) is 6.33 Å². The number of nitrogens with zero attached hydrogens (tertiary/aromatic N) is 2. The van der Waals surface area contributed by atoms with E-state index in [4.69, 9.17) is 0 Å². The highest BCUT2D eigenvalue weighted by molar-refractivity contribution is 7.80. The first-order valence-electron chi connectivity index (χ1n) is 4.51. The van der Waals surface area contributed by atoms with E-state index in [0.717, 1.165) is 11.3 Å². The second kappa shape index (κ2) is 3.90. The van der Waals surface area contributed by atoms with Crippen molar-refractivity contribution in [3.63, 3.8) is 0 Å². The highest BCUT2D eigenvalue weighted by Gasteiger charge is 2.01. The molecule has 4 heteroatoms. The fourth-order valence-electron chi connectivity index (χ4n) is 1.29. The summed E-state index contributed by atoms with van der Waals surface area (Å²) in [5, 5.41) is 0. The van der Waals surface area contributed by atoms with E-state index in [1.165, 1.54) is 17.1 Å². The van der Waals surface area contributed by atoms with Gasteiger partial charge in [-0.15, -0.1) is 12.6 Å². The van der Waals surface area contributed by atoms with E-state index in [0.29, 0.717) is 4.90 Å². The third-order valence-electron chi connectivity index (χ3n) is 2.13. The van der Waals surface area contributed by atoms with Gasteiger partial charge in [0.2, 0.25) is 0 Å². The summed E-state index contributed by atoms with van der Waals surface area (Å²) in [7, 11) is 0. The number of aryl methyl sites for hydroxylation is 1. The molecule has 0 amide bonds. The van der Waals surface area contributed by atoms with Crippen molar-refractivity contribution in [2.24, 2.45) is 0 Å². The normalized spacial score (nSPS) is 10.3. The van der Waals surface area contributed by atoms with Gasteiger partial charge in [-0.3, -0.25) is 9.36 Å². The summed E-state index contributed by atoms with van der Waals surface area (Å²) < 4.78 is 1.47. The predicted octanol–water partition coefficient (Wildman–Crippen LogP) is 1.83. The quantitative estimate of drug-likeness (QED) is 0.741. The third-order valence-corrected chi connectivity index (χ3v) is 2.44. The minimum absolute atomic E-state index is 0.155. The molecule has 2 aromatic rings. The molecule has 1 heterocycles. The molecule has 0 saturated heterocycles. The molecule has 76 valence electrons. The van der Waals surface area contributed by atoms with Gasteiger partial charge in [0, 0.05) is 6.20 Å². The van der Waals surface area contributed by atoms with Crippen molar-refractivity contribution in [1.82, 2.24) is 9.55 Å². The summed E-state index contributed by atoms with van der Waals surface area (Å²) >= 11 is 4.04. The minimum atomic E-state index is -0.155. The molecule has 0 bridgehead atoms. The second-order valence-corrected chi connectivity index (χ2v) is 3.77. The SMILES string of the molecule is Cc1ccc(-n2cncc(S)c2=O)cc1. The molecule has 2 rings (SSSR count). The van der Waals surface area contributed by atoms with E-state index in [9.17, 15) is 4.79 Å². The molecule has 0 atom stereocenters. The van der Waals surface area contributed by atoms with E-state index in [2.05, 4.69) is 17.6 Å². The molecule has 0 aliphatic heterocycles. The van der Waals surface area contributed by atoms with Crippen LogP contribution in [0.2, 0.25) is 0 Å². The van der Waals surface area contributed by atoms with Gasteiger partial charge in [0.25, 0.3) is 5.56 Å². The standard InChI is InChI=1S/C11H10N2OS/c1-8-2-4-9(5-3-8)13-7-12-6-10(15)11(13)14/h2-7,15H,1H3. The van der Waals surface area contributed by atoms with Gasteiger partial charge in [0.15, 0.2) is 0 Å². The van der Waals surface area contributed by atoms with E-state index in [1.807, 2.05) is 31.2 Å². The van der Waals surface area contributed by atoms with Crippen LogP contribution in [0.5, 0.6) is 0 Å². The van der Waals surface area contributed by atoms with Crippen LogP contribution in [0.25, 0.3) is 5.69 Å². The first-order valence-corrected chi connectivity index (χ1v) is 4.96. The van der Waals surface area contributed by atoms with Crippen LogP contribution < -0.4 is 5.56 Å². The van der Waals surface area contributed by atoms with Crippen LogP contribution in [0, 0.1) is 6.92 Å². The van der Waals surface area contributed by atoms with Crippen molar-refractivity contribution in [3.8, 4) is 5.69 Å². The summed E-state index contributed by atoms with van der Waals surface area (Å²) in [5.74, 6) is 0. The Kier molecular flexibility index (Phi) is 2.60. The Labute approximate surface area is 92.8 Å². The van der Waals surface area contributed by atoms with Crippen molar-refractivity contribution in [3.05, 3.63) is 52.7 Å². The van der Waals surface area contributed by atoms with E-state index >= 15 is 0 Å². The zero-order valence-electron chi connectivity index (χ0n) is 8.21. The largest absolute Gasteiger partial charge is 0.271 e. The molecule has 15 heavy (non-hydrogen) atoms. The number of hydrogen-bond acceptors (Lipinski definition) is 3. The molecule has 0 aliphatic carbocycles. The van der Waals surface area contributed by atoms with Gasteiger partial charge in [-0.25, -0.2) is 4.98 Å². The first kappa shape index (κ1) is 9.98. The van der Waals surface area contributed by atoms with Crippen LogP contribution >= 0.6 is 12.6 Å². The van der Waals surface area contributed by atoms with Gasteiger partial charge < -0.3 is 0 Å². The Morgan fingerprint density at radius 2 is 1.93 bits per heavy atom. The van der Waals surface area contributed by atoms with Gasteiger partial charge in [0.05, 0.1) is 10.6 Å². The highest BCUT2D eigenvalue weighted by atomic mass is 32.1. The molecule has 0 unspecified atom stereocenters. The van der Waals surface area contributed by atoms with Crippen LogP contribution in [-0.2, 0) is 0 Å². The van der Waals surface area contributed by atoms with Gasteiger partial charge >= 0.3 is 0 Å². The second-order valence-electron chi connectivity index (χ2n) is 3.29. The topological polar surface area (TPSA) is 34.9 Å². The number of hydrogen-bond donors (Lipinski definition) is 1. The van der Waals surface area contributed by atoms with Gasteiger partial charge in [-0.1, -0.05) is 17.7 Å². The molecule has 0 fully saturated rings. The van der Waals surface area contributed by atoms with Crippen LogP contribution in [0.4, 0.5) is 0 Å². The Hall–Kier alpha value is -1.55. The first-order chi connectivity index (χ1) is 7.18. The molecule has 0 N–H and O–H groups in total. The molecular formula is C11H10N2OS. The summed E-state index contributed by atoms with van der Waals surface area (Å²) in [6.45, 7) is 2.00. The maximum Gasteiger partial charge on any atom is 0.271 e. The van der Waals surface area contributed by atoms with Crippen LogP contribution in [0.15, 0.2) is 46.5 Å². The van der Waals surface area contributed by atoms with Crippen LogP contribution in [-0.4, -0.2) is 9.55 Å². The monoisotopic (exact) mass is 218 g/mol. The fraction of sp³-hybridized carbons (Fsp3) is 0.0909. The summed E-state index contributed by atoms with van der Waals surface area (Å²) in [5.41, 5.74) is 1.80. The zero-order chi connectivity index (χ0) is 10.8. The van der Waals surface area contributed by atoms with Crippen molar-refractivity contribution in [1.29, 1.82) is 0 Å². The lowest BCUT2D eigenvalue weighted by molar-refractivity contribution is 0.892. The number of rotatable bonds is 1. The molecule has 1 aromatic carbocycles. The van der Waals surface area contributed by atoms with Crippen molar-refractivity contribution in [2.45, 2.75) is 11.8 Å². The number of aromatic nitrogens is 2. The molecule has 0 spiro atoms. The Balaban J connectivity index is 2.59. The summed E-state index contributed by atoms with van der Waals surface area (Å²) in [4.78, 5) is 16.0. The highest BCUT2D eigenvalue weighted by Crippen LogP contribution is 2.07. The van der Waals surface area contributed by atoms with Gasteiger partial charge in [-0.05, 0) is 19.1 Å². The molecule has 3 nitrogen and oxygen atoms in total.